The number of anilines is 1. The normalized spacial score (nSPS) is 10.6. The van der Waals surface area contributed by atoms with Crippen LogP contribution in [0.3, 0.4) is 0 Å². The van der Waals surface area contributed by atoms with Crippen LogP contribution in [0.25, 0.3) is 5.82 Å². The van der Waals surface area contributed by atoms with Crippen molar-refractivity contribution in [3.8, 4) is 5.82 Å². The predicted octanol–water partition coefficient (Wildman–Crippen LogP) is 5.93. The summed E-state index contributed by atoms with van der Waals surface area (Å²) in [6.45, 7) is 3.71. The van der Waals surface area contributed by atoms with Crippen molar-refractivity contribution in [1.82, 2.24) is 24.8 Å². The molecule has 1 N–H and O–H groups in total. The molecule has 190 valence electrons. The van der Waals surface area contributed by atoms with Crippen LogP contribution in [-0.4, -0.2) is 62.9 Å². The highest BCUT2D eigenvalue weighted by molar-refractivity contribution is 9.11. The Morgan fingerprint density at radius 3 is 2.53 bits per heavy atom. The van der Waals surface area contributed by atoms with E-state index >= 15 is 0 Å². The zero-order valence-corrected chi connectivity index (χ0v) is 24.8. The molecule has 1 aromatic carbocycles. The molecule has 0 saturated carbocycles. The molecule has 3 amide bonds. The van der Waals surface area contributed by atoms with Crippen molar-refractivity contribution >= 4 is 83.0 Å². The smallest absolute Gasteiger partial charge is 0.428 e. The fourth-order valence-corrected chi connectivity index (χ4v) is 5.10. The van der Waals surface area contributed by atoms with Gasteiger partial charge in [-0.1, -0.05) is 27.5 Å². The van der Waals surface area contributed by atoms with Gasteiger partial charge in [-0.15, -0.1) is 0 Å². The van der Waals surface area contributed by atoms with Gasteiger partial charge in [0.1, 0.15) is 10.3 Å². The Bertz CT molecular complexity index is 1320. The number of carbonyl (C=O) groups is 3. The molecule has 3 aromatic rings. The van der Waals surface area contributed by atoms with Gasteiger partial charge in [0.05, 0.1) is 22.9 Å². The lowest BCUT2D eigenvalue weighted by atomic mass is 10.1. The molecule has 0 spiro atoms. The van der Waals surface area contributed by atoms with Crippen molar-refractivity contribution < 1.29 is 19.1 Å². The van der Waals surface area contributed by atoms with Crippen molar-refractivity contribution in [3.63, 3.8) is 0 Å². The van der Waals surface area contributed by atoms with Gasteiger partial charge < -0.3 is 10.1 Å². The number of aromatic nitrogens is 3. The molecule has 10 nitrogen and oxygen atoms in total. The average molecular weight is 708 g/mol. The second-order valence-corrected chi connectivity index (χ2v) is 10.1. The number of halogens is 4. The first kappa shape index (κ1) is 28.1. The fraction of sp³-hybridized carbons (Fsp3) is 0.227. The Morgan fingerprint density at radius 1 is 1.17 bits per heavy atom. The van der Waals surface area contributed by atoms with E-state index in [-0.39, 0.29) is 35.9 Å². The molecule has 0 fully saturated rings. The van der Waals surface area contributed by atoms with Crippen LogP contribution >= 0.6 is 59.4 Å². The minimum Gasteiger partial charge on any atom is -0.448 e. The van der Waals surface area contributed by atoms with Crippen LogP contribution < -0.4 is 5.32 Å². The van der Waals surface area contributed by atoms with Crippen molar-refractivity contribution in [2.24, 2.45) is 0 Å². The van der Waals surface area contributed by atoms with Crippen LogP contribution in [0.15, 0.2) is 50.1 Å². The minimum atomic E-state index is -0.687. The lowest BCUT2D eigenvalue weighted by Gasteiger charge is -2.30. The van der Waals surface area contributed by atoms with Crippen LogP contribution in [0.2, 0.25) is 5.02 Å². The molecule has 0 atom stereocenters. The van der Waals surface area contributed by atoms with Crippen LogP contribution in [-0.2, 0) is 4.74 Å². The highest BCUT2D eigenvalue weighted by atomic mass is 79.9. The first-order chi connectivity index (χ1) is 17.1. The van der Waals surface area contributed by atoms with E-state index in [0.29, 0.717) is 18.6 Å². The van der Waals surface area contributed by atoms with E-state index in [1.165, 1.54) is 29.0 Å². The second-order valence-electron chi connectivity index (χ2n) is 7.08. The maximum Gasteiger partial charge on any atom is 0.428 e. The molecule has 14 heteroatoms. The third kappa shape index (κ3) is 6.07. The summed E-state index contributed by atoms with van der Waals surface area (Å²) in [5.41, 5.74) is 0.440. The van der Waals surface area contributed by atoms with Gasteiger partial charge in [-0.3, -0.25) is 9.59 Å². The number of nitrogens with zero attached hydrogens (tertiary/aromatic N) is 5. The van der Waals surface area contributed by atoms with Crippen LogP contribution in [0.4, 0.5) is 10.5 Å². The number of ether oxygens (including phenoxy) is 1. The van der Waals surface area contributed by atoms with Crippen LogP contribution in [0, 0.1) is 0 Å². The molecule has 0 unspecified atom stereocenters. The highest BCUT2D eigenvalue weighted by Crippen LogP contribution is 2.33. The van der Waals surface area contributed by atoms with Crippen molar-refractivity contribution in [1.29, 1.82) is 0 Å². The van der Waals surface area contributed by atoms with E-state index < -0.39 is 17.9 Å². The third-order valence-electron chi connectivity index (χ3n) is 4.80. The lowest BCUT2D eigenvalue weighted by Crippen LogP contribution is -2.47. The summed E-state index contributed by atoms with van der Waals surface area (Å²) in [4.78, 5) is 43.4. The van der Waals surface area contributed by atoms with Gasteiger partial charge in [-0.2, -0.15) is 5.10 Å². The van der Waals surface area contributed by atoms with Crippen LogP contribution in [0.5, 0.6) is 0 Å². The van der Waals surface area contributed by atoms with Crippen molar-refractivity contribution in [3.05, 3.63) is 66.4 Å². The zero-order valence-electron chi connectivity index (χ0n) is 19.3. The van der Waals surface area contributed by atoms with E-state index in [1.807, 2.05) is 0 Å². The molecular formula is C22H20Br3ClN6O4. The van der Waals surface area contributed by atoms with E-state index in [0.717, 1.165) is 5.01 Å². The molecule has 2 heterocycles. The molecule has 0 aliphatic rings. The minimum absolute atomic E-state index is 0.117. The molecule has 0 aliphatic heterocycles. The Labute approximate surface area is 237 Å². The number of hydrogen-bond donors (Lipinski definition) is 1. The standard InChI is InChI=1S/C22H20Br3ClN6O4/c1-4-31(30(3)22(35)36-5-2)21(34)13-9-12(23)10-14(24)18(13)28-20(33)16-11-17(25)29-32(16)19-15(26)7-6-8-27-19/h6-11H,4-5H2,1-3H3,(H,28,33). The maximum absolute atomic E-state index is 13.5. The molecular weight excluding hydrogens is 687 g/mol. The number of benzene rings is 1. The molecule has 36 heavy (non-hydrogen) atoms. The van der Waals surface area contributed by atoms with Gasteiger partial charge in [-0.05, 0) is 70.0 Å². The molecule has 2 aromatic heterocycles. The van der Waals surface area contributed by atoms with Gasteiger partial charge >= 0.3 is 6.09 Å². The van der Waals surface area contributed by atoms with Crippen LogP contribution in [0.1, 0.15) is 34.7 Å². The summed E-state index contributed by atoms with van der Waals surface area (Å²) < 4.78 is 7.71. The monoisotopic (exact) mass is 704 g/mol. The van der Waals surface area contributed by atoms with Crippen molar-refractivity contribution in [2.75, 3.05) is 25.5 Å². The summed E-state index contributed by atoms with van der Waals surface area (Å²) in [7, 11) is 1.43. The first-order valence-corrected chi connectivity index (χ1v) is 13.2. The van der Waals surface area contributed by atoms with E-state index in [4.69, 9.17) is 16.3 Å². The topological polar surface area (TPSA) is 110 Å². The summed E-state index contributed by atoms with van der Waals surface area (Å²) in [5.74, 6) is -0.851. The highest BCUT2D eigenvalue weighted by Gasteiger charge is 2.28. The number of hydrogen-bond acceptors (Lipinski definition) is 6. The summed E-state index contributed by atoms with van der Waals surface area (Å²) in [6.07, 6.45) is 0.841. The predicted molar refractivity (Wildman–Crippen MR) is 145 cm³/mol. The number of nitrogens with one attached hydrogen (secondary N) is 1. The Morgan fingerprint density at radius 2 is 1.89 bits per heavy atom. The van der Waals surface area contributed by atoms with Gasteiger partial charge in [0.15, 0.2) is 5.82 Å². The largest absolute Gasteiger partial charge is 0.448 e. The molecule has 0 aliphatic carbocycles. The fourth-order valence-electron chi connectivity index (χ4n) is 3.20. The quantitative estimate of drug-likeness (QED) is 0.319. The third-order valence-corrected chi connectivity index (χ3v) is 6.57. The number of amides is 3. The lowest BCUT2D eigenvalue weighted by molar-refractivity contribution is 0.00469. The Hall–Kier alpha value is -2.48. The van der Waals surface area contributed by atoms with E-state index in [2.05, 4.69) is 63.2 Å². The summed E-state index contributed by atoms with van der Waals surface area (Å²) in [6, 6.07) is 8.02. The molecule has 0 saturated heterocycles. The number of hydrazine groups is 1. The van der Waals surface area contributed by atoms with E-state index in [9.17, 15) is 14.4 Å². The van der Waals surface area contributed by atoms with E-state index in [1.54, 1.807) is 38.1 Å². The summed E-state index contributed by atoms with van der Waals surface area (Å²) >= 11 is 16.4. The maximum atomic E-state index is 13.5. The van der Waals surface area contributed by atoms with Gasteiger partial charge in [0.25, 0.3) is 11.8 Å². The number of carbonyl (C=O) groups excluding carboxylic acids is 3. The van der Waals surface area contributed by atoms with Gasteiger partial charge in [-0.25, -0.2) is 24.5 Å². The number of rotatable bonds is 6. The molecule has 3 rings (SSSR count). The second kappa shape index (κ2) is 12.2. The van der Waals surface area contributed by atoms with Gasteiger partial charge in [0, 0.05) is 34.8 Å². The summed E-state index contributed by atoms with van der Waals surface area (Å²) in [5, 5.41) is 9.63. The van der Waals surface area contributed by atoms with Crippen molar-refractivity contribution in [2.45, 2.75) is 13.8 Å². The number of pyridine rings is 1. The Balaban J connectivity index is 2.02. The molecule has 0 bridgehead atoms. The zero-order chi connectivity index (χ0) is 26.6. The molecule has 0 radical (unpaired) electrons. The first-order valence-electron chi connectivity index (χ1n) is 10.5. The average Bonchev–Trinajstić information content (AvgIpc) is 3.22. The SMILES string of the molecule is CCOC(=O)N(C)N(CC)C(=O)c1cc(Br)cc(Br)c1NC(=O)c1cc(Br)nn1-c1ncccc1Cl. The Kier molecular flexibility index (Phi) is 9.50. The van der Waals surface area contributed by atoms with Gasteiger partial charge in [0.2, 0.25) is 0 Å².